The summed E-state index contributed by atoms with van der Waals surface area (Å²) in [5.74, 6) is -0.426. The van der Waals surface area contributed by atoms with E-state index in [1.165, 1.54) is 0 Å². The summed E-state index contributed by atoms with van der Waals surface area (Å²) in [5.41, 5.74) is 1.68. The first kappa shape index (κ1) is 14.6. The number of piperidine rings is 1. The summed E-state index contributed by atoms with van der Waals surface area (Å²) in [6.45, 7) is 1.41. The first-order valence-electron chi connectivity index (χ1n) is 7.72. The zero-order valence-electron chi connectivity index (χ0n) is 12.4. The van der Waals surface area contributed by atoms with Crippen molar-refractivity contribution in [2.24, 2.45) is 5.92 Å². The third-order valence-electron chi connectivity index (χ3n) is 4.40. The summed E-state index contributed by atoms with van der Waals surface area (Å²) in [4.78, 5) is 28.5. The molecule has 5 heteroatoms. The topological polar surface area (TPSA) is 73.4 Å². The maximum Gasteiger partial charge on any atom is 0.303 e. The molecule has 0 bridgehead atoms. The molecule has 5 nitrogen and oxygen atoms in total. The number of fused-ring (bicyclic) bond motifs is 1. The number of carboxylic acid groups (broad SMARTS) is 1. The molecule has 1 aliphatic rings. The lowest BCUT2D eigenvalue weighted by molar-refractivity contribution is -0.137. The molecule has 22 heavy (non-hydrogen) atoms. The normalized spacial score (nSPS) is 18.5. The fraction of sp³-hybridized carbons (Fsp3) is 0.412. The molecule has 0 saturated carbocycles. The van der Waals surface area contributed by atoms with Crippen LogP contribution in [0.5, 0.6) is 0 Å². The third kappa shape index (κ3) is 2.98. The standard InChI is InChI=1S/C17H20N2O3/c20-16(21)7-6-12-3-2-10-19(11-12)17(22)14-4-1-5-15-13(14)8-9-18-15/h1,4-5,8-9,12,18H,2-3,6-7,10-11H2,(H,20,21)/t12-/m0/s1. The highest BCUT2D eigenvalue weighted by atomic mass is 16.4. The summed E-state index contributed by atoms with van der Waals surface area (Å²) in [6.07, 6.45) is 4.62. The van der Waals surface area contributed by atoms with Gasteiger partial charge in [0, 0.05) is 42.2 Å². The van der Waals surface area contributed by atoms with E-state index < -0.39 is 5.97 Å². The van der Waals surface area contributed by atoms with E-state index >= 15 is 0 Å². The zero-order valence-corrected chi connectivity index (χ0v) is 12.4. The molecule has 116 valence electrons. The van der Waals surface area contributed by atoms with E-state index in [9.17, 15) is 9.59 Å². The minimum Gasteiger partial charge on any atom is -0.481 e. The van der Waals surface area contributed by atoms with Gasteiger partial charge in [-0.1, -0.05) is 6.07 Å². The van der Waals surface area contributed by atoms with Gasteiger partial charge in [-0.05, 0) is 43.4 Å². The molecular formula is C17H20N2O3. The molecule has 2 N–H and O–H groups in total. The first-order valence-corrected chi connectivity index (χ1v) is 7.72. The van der Waals surface area contributed by atoms with Crippen molar-refractivity contribution in [3.63, 3.8) is 0 Å². The number of carbonyl (C=O) groups excluding carboxylic acids is 1. The average Bonchev–Trinajstić information content (AvgIpc) is 3.01. The number of aromatic amines is 1. The monoisotopic (exact) mass is 300 g/mol. The Morgan fingerprint density at radius 1 is 1.32 bits per heavy atom. The van der Waals surface area contributed by atoms with Crippen LogP contribution < -0.4 is 0 Å². The Kier molecular flexibility index (Phi) is 4.13. The van der Waals surface area contributed by atoms with Crippen molar-refractivity contribution in [2.45, 2.75) is 25.7 Å². The third-order valence-corrected chi connectivity index (χ3v) is 4.40. The number of H-pyrrole nitrogens is 1. The number of aromatic nitrogens is 1. The van der Waals surface area contributed by atoms with Crippen molar-refractivity contribution in [1.82, 2.24) is 9.88 Å². The Balaban J connectivity index is 1.74. The maximum atomic E-state index is 12.8. The number of carbonyl (C=O) groups is 2. The van der Waals surface area contributed by atoms with Crippen molar-refractivity contribution < 1.29 is 14.7 Å². The first-order chi connectivity index (χ1) is 10.6. The predicted octanol–water partition coefficient (Wildman–Crippen LogP) is 2.88. The molecule has 2 heterocycles. The Morgan fingerprint density at radius 2 is 2.18 bits per heavy atom. The Morgan fingerprint density at radius 3 is 3.00 bits per heavy atom. The summed E-state index contributed by atoms with van der Waals surface area (Å²) in [6, 6.07) is 7.63. The van der Waals surface area contributed by atoms with E-state index in [1.54, 1.807) is 0 Å². The van der Waals surface area contributed by atoms with Crippen LogP contribution in [-0.4, -0.2) is 40.0 Å². The lowest BCUT2D eigenvalue weighted by Gasteiger charge is -2.32. The number of nitrogens with zero attached hydrogens (tertiary/aromatic N) is 1. The number of likely N-dealkylation sites (tertiary alicyclic amines) is 1. The van der Waals surface area contributed by atoms with Crippen molar-refractivity contribution in [1.29, 1.82) is 0 Å². The highest BCUT2D eigenvalue weighted by Crippen LogP contribution is 2.25. The van der Waals surface area contributed by atoms with E-state index in [-0.39, 0.29) is 12.3 Å². The summed E-state index contributed by atoms with van der Waals surface area (Å²) >= 11 is 0. The minimum atomic E-state index is -0.763. The van der Waals surface area contributed by atoms with E-state index in [4.69, 9.17) is 5.11 Å². The van der Waals surface area contributed by atoms with Gasteiger partial charge in [0.05, 0.1) is 0 Å². The van der Waals surface area contributed by atoms with E-state index in [1.807, 2.05) is 35.4 Å². The van der Waals surface area contributed by atoms with E-state index in [0.29, 0.717) is 18.9 Å². The Hall–Kier alpha value is -2.30. The fourth-order valence-electron chi connectivity index (χ4n) is 3.25. The smallest absolute Gasteiger partial charge is 0.303 e. The Labute approximate surface area is 128 Å². The molecule has 0 spiro atoms. The highest BCUT2D eigenvalue weighted by molar-refractivity contribution is 6.06. The molecule has 1 aliphatic heterocycles. The van der Waals surface area contributed by atoms with Crippen molar-refractivity contribution in [2.75, 3.05) is 13.1 Å². The van der Waals surface area contributed by atoms with Gasteiger partial charge in [0.2, 0.25) is 0 Å². The van der Waals surface area contributed by atoms with Crippen LogP contribution in [0.1, 0.15) is 36.0 Å². The number of benzene rings is 1. The van der Waals surface area contributed by atoms with Gasteiger partial charge in [0.25, 0.3) is 5.91 Å². The second-order valence-corrected chi connectivity index (χ2v) is 5.94. The molecule has 1 aromatic heterocycles. The summed E-state index contributed by atoms with van der Waals surface area (Å²) in [7, 11) is 0. The minimum absolute atomic E-state index is 0.0465. The number of hydrogen-bond acceptors (Lipinski definition) is 2. The van der Waals surface area contributed by atoms with Gasteiger partial charge in [-0.2, -0.15) is 0 Å². The SMILES string of the molecule is O=C(O)CC[C@@H]1CCCN(C(=O)c2cccc3[nH]ccc23)C1. The average molecular weight is 300 g/mol. The molecule has 0 radical (unpaired) electrons. The molecular weight excluding hydrogens is 280 g/mol. The van der Waals surface area contributed by atoms with Gasteiger partial charge in [-0.3, -0.25) is 9.59 Å². The van der Waals surface area contributed by atoms with E-state index in [2.05, 4.69) is 4.98 Å². The van der Waals surface area contributed by atoms with Crippen LogP contribution in [0.4, 0.5) is 0 Å². The quantitative estimate of drug-likeness (QED) is 0.912. The molecule has 1 amide bonds. The van der Waals surface area contributed by atoms with Crippen LogP contribution in [0, 0.1) is 5.92 Å². The molecule has 3 rings (SSSR count). The second kappa shape index (κ2) is 6.22. The van der Waals surface area contributed by atoms with Gasteiger partial charge in [0.1, 0.15) is 0 Å². The molecule has 1 atom stereocenters. The lowest BCUT2D eigenvalue weighted by Crippen LogP contribution is -2.40. The van der Waals surface area contributed by atoms with Crippen LogP contribution >= 0.6 is 0 Å². The van der Waals surface area contributed by atoms with Crippen molar-refractivity contribution in [3.05, 3.63) is 36.0 Å². The predicted molar refractivity (Wildman–Crippen MR) is 83.8 cm³/mol. The molecule has 1 fully saturated rings. The van der Waals surface area contributed by atoms with Crippen molar-refractivity contribution >= 4 is 22.8 Å². The van der Waals surface area contributed by atoms with Crippen molar-refractivity contribution in [3.8, 4) is 0 Å². The summed E-state index contributed by atoms with van der Waals surface area (Å²) < 4.78 is 0. The molecule has 2 aromatic rings. The van der Waals surface area contributed by atoms with Crippen LogP contribution in [0.3, 0.4) is 0 Å². The second-order valence-electron chi connectivity index (χ2n) is 5.94. The van der Waals surface area contributed by atoms with Gasteiger partial charge >= 0.3 is 5.97 Å². The Bertz CT molecular complexity index is 692. The van der Waals surface area contributed by atoms with Crippen LogP contribution in [0.2, 0.25) is 0 Å². The molecule has 0 unspecified atom stereocenters. The van der Waals surface area contributed by atoms with Gasteiger partial charge < -0.3 is 15.0 Å². The van der Waals surface area contributed by atoms with Crippen LogP contribution in [0.15, 0.2) is 30.5 Å². The number of nitrogens with one attached hydrogen (secondary N) is 1. The number of rotatable bonds is 4. The number of hydrogen-bond donors (Lipinski definition) is 2. The molecule has 0 aliphatic carbocycles. The summed E-state index contributed by atoms with van der Waals surface area (Å²) in [5, 5.41) is 9.75. The van der Waals surface area contributed by atoms with Crippen LogP contribution in [-0.2, 0) is 4.79 Å². The van der Waals surface area contributed by atoms with Gasteiger partial charge in [0.15, 0.2) is 0 Å². The van der Waals surface area contributed by atoms with E-state index in [0.717, 1.165) is 35.9 Å². The lowest BCUT2D eigenvalue weighted by atomic mass is 9.93. The van der Waals surface area contributed by atoms with Gasteiger partial charge in [-0.15, -0.1) is 0 Å². The fourth-order valence-corrected chi connectivity index (χ4v) is 3.25. The molecule has 1 aromatic carbocycles. The maximum absolute atomic E-state index is 12.8. The zero-order chi connectivity index (χ0) is 15.5. The number of aliphatic carboxylic acids is 1. The number of amides is 1. The highest BCUT2D eigenvalue weighted by Gasteiger charge is 2.25. The number of carboxylic acids is 1. The van der Waals surface area contributed by atoms with Gasteiger partial charge in [-0.25, -0.2) is 0 Å². The molecule has 1 saturated heterocycles. The largest absolute Gasteiger partial charge is 0.481 e. The van der Waals surface area contributed by atoms with Crippen LogP contribution in [0.25, 0.3) is 10.9 Å².